The smallest absolute Gasteiger partial charge is 0.315 e. The van der Waals surface area contributed by atoms with Crippen LogP contribution in [0.2, 0.25) is 0 Å². The van der Waals surface area contributed by atoms with Crippen molar-refractivity contribution in [1.82, 2.24) is 0 Å². The summed E-state index contributed by atoms with van der Waals surface area (Å²) in [6, 6.07) is 7.10. The zero-order chi connectivity index (χ0) is 12.0. The van der Waals surface area contributed by atoms with Gasteiger partial charge in [-0.05, 0) is 30.4 Å². The molecule has 4 nitrogen and oxygen atoms in total. The molecule has 0 bridgehead atoms. The van der Waals surface area contributed by atoms with Crippen molar-refractivity contribution in [2.24, 2.45) is 5.73 Å². The summed E-state index contributed by atoms with van der Waals surface area (Å²) in [5.74, 6) is 4.34. The van der Waals surface area contributed by atoms with Crippen molar-refractivity contribution in [3.8, 4) is 11.8 Å². The minimum Gasteiger partial charge on any atom is -0.481 e. The van der Waals surface area contributed by atoms with Crippen LogP contribution in [-0.4, -0.2) is 16.2 Å². The van der Waals surface area contributed by atoms with Crippen LogP contribution >= 0.6 is 12.2 Å². The summed E-state index contributed by atoms with van der Waals surface area (Å²) in [6.07, 6.45) is -0.174. The number of carboxylic acids is 1. The Kier molecular flexibility index (Phi) is 4.30. The number of hydrogen-bond acceptors (Lipinski definition) is 2. The Bertz CT molecular complexity index is 474. The summed E-state index contributed by atoms with van der Waals surface area (Å²) >= 11 is 4.70. The van der Waals surface area contributed by atoms with Gasteiger partial charge in [-0.15, -0.1) is 0 Å². The molecule has 0 fully saturated rings. The fourth-order valence-corrected chi connectivity index (χ4v) is 1.16. The molecule has 0 heterocycles. The third-order valence-corrected chi connectivity index (χ3v) is 1.70. The van der Waals surface area contributed by atoms with E-state index in [4.69, 9.17) is 23.1 Å². The van der Waals surface area contributed by atoms with Gasteiger partial charge < -0.3 is 16.2 Å². The molecule has 0 spiro atoms. The van der Waals surface area contributed by atoms with Crippen LogP contribution in [0, 0.1) is 11.8 Å². The number of thiocarbonyl (C=S) groups is 1. The number of carboxylic acid groups (broad SMARTS) is 1. The average Bonchev–Trinajstić information content (AvgIpc) is 2.16. The molecule has 5 heteroatoms. The molecule has 0 unspecified atom stereocenters. The number of aliphatic carboxylic acids is 1. The third kappa shape index (κ3) is 4.44. The fourth-order valence-electron chi connectivity index (χ4n) is 1.04. The second-order valence-electron chi connectivity index (χ2n) is 2.94. The molecule has 0 radical (unpaired) electrons. The molecule has 0 saturated heterocycles. The van der Waals surface area contributed by atoms with Crippen LogP contribution in [0.25, 0.3) is 0 Å². The van der Waals surface area contributed by atoms with E-state index in [0.29, 0.717) is 5.56 Å². The molecule has 0 aliphatic carbocycles. The molecule has 0 aromatic heterocycles. The molecule has 82 valence electrons. The van der Waals surface area contributed by atoms with Crippen LogP contribution in [-0.2, 0) is 4.79 Å². The van der Waals surface area contributed by atoms with Gasteiger partial charge in [-0.25, -0.2) is 0 Å². The van der Waals surface area contributed by atoms with Crippen molar-refractivity contribution in [1.29, 1.82) is 0 Å². The Morgan fingerprint density at radius 2 is 2.31 bits per heavy atom. The number of nitrogens with two attached hydrogens (primary N) is 1. The summed E-state index contributed by atoms with van der Waals surface area (Å²) in [6.45, 7) is 0. The number of carbonyl (C=O) groups is 1. The predicted molar refractivity (Wildman–Crippen MR) is 66.0 cm³/mol. The monoisotopic (exact) mass is 234 g/mol. The second-order valence-corrected chi connectivity index (χ2v) is 3.38. The lowest BCUT2D eigenvalue weighted by Crippen LogP contribution is -2.18. The van der Waals surface area contributed by atoms with E-state index in [0.717, 1.165) is 5.69 Å². The number of rotatable bonds is 2. The minimum absolute atomic E-state index is 0.174. The van der Waals surface area contributed by atoms with Gasteiger partial charge in [0.2, 0.25) is 0 Å². The molecule has 0 saturated carbocycles. The van der Waals surface area contributed by atoms with Gasteiger partial charge in [-0.1, -0.05) is 17.9 Å². The summed E-state index contributed by atoms with van der Waals surface area (Å²) in [7, 11) is 0. The van der Waals surface area contributed by atoms with Gasteiger partial charge in [0, 0.05) is 11.3 Å². The molecule has 0 atom stereocenters. The Hall–Kier alpha value is -2.06. The molecule has 0 aliphatic rings. The summed E-state index contributed by atoms with van der Waals surface area (Å²) in [5.41, 5.74) is 6.76. The lowest BCUT2D eigenvalue weighted by Gasteiger charge is -2.02. The van der Waals surface area contributed by atoms with Crippen molar-refractivity contribution < 1.29 is 9.90 Å². The first kappa shape index (κ1) is 12.0. The fraction of sp³-hybridized carbons (Fsp3) is 0.0909. The molecule has 4 N–H and O–H groups in total. The highest BCUT2D eigenvalue weighted by Crippen LogP contribution is 2.09. The van der Waals surface area contributed by atoms with Crippen molar-refractivity contribution in [3.63, 3.8) is 0 Å². The first-order valence-corrected chi connectivity index (χ1v) is 4.86. The molecule has 0 aliphatic heterocycles. The van der Waals surface area contributed by atoms with Crippen molar-refractivity contribution in [2.45, 2.75) is 6.42 Å². The maximum absolute atomic E-state index is 10.3. The number of benzene rings is 1. The van der Waals surface area contributed by atoms with Crippen molar-refractivity contribution in [3.05, 3.63) is 29.8 Å². The lowest BCUT2D eigenvalue weighted by molar-refractivity contribution is -0.135. The van der Waals surface area contributed by atoms with Gasteiger partial charge >= 0.3 is 5.97 Å². The Balaban J connectivity index is 2.76. The van der Waals surface area contributed by atoms with Crippen molar-refractivity contribution >= 4 is 29.0 Å². The first-order valence-electron chi connectivity index (χ1n) is 4.45. The first-order chi connectivity index (χ1) is 7.58. The van der Waals surface area contributed by atoms with E-state index < -0.39 is 5.97 Å². The van der Waals surface area contributed by atoms with E-state index in [-0.39, 0.29) is 11.5 Å². The van der Waals surface area contributed by atoms with Crippen LogP contribution in [0.5, 0.6) is 0 Å². The highest BCUT2D eigenvalue weighted by molar-refractivity contribution is 7.80. The molecule has 1 rings (SSSR count). The van der Waals surface area contributed by atoms with Crippen molar-refractivity contribution in [2.75, 3.05) is 5.32 Å². The Morgan fingerprint density at radius 1 is 1.56 bits per heavy atom. The molecule has 1 aromatic rings. The van der Waals surface area contributed by atoms with Crippen LogP contribution in [0.4, 0.5) is 5.69 Å². The third-order valence-electron chi connectivity index (χ3n) is 1.60. The van der Waals surface area contributed by atoms with Crippen LogP contribution in [0.3, 0.4) is 0 Å². The maximum atomic E-state index is 10.3. The molecule has 1 aromatic carbocycles. The summed E-state index contributed by atoms with van der Waals surface area (Å²) in [4.78, 5) is 10.3. The van der Waals surface area contributed by atoms with Crippen LogP contribution in [0.15, 0.2) is 24.3 Å². The van der Waals surface area contributed by atoms with E-state index in [1.807, 2.05) is 0 Å². The molecular formula is C11H10N2O2S. The lowest BCUT2D eigenvalue weighted by atomic mass is 10.2. The minimum atomic E-state index is -0.940. The van der Waals surface area contributed by atoms with Crippen LogP contribution < -0.4 is 11.1 Å². The summed E-state index contributed by atoms with van der Waals surface area (Å²) < 4.78 is 0. The average molecular weight is 234 g/mol. The van der Waals surface area contributed by atoms with Gasteiger partial charge in [0.15, 0.2) is 5.11 Å². The normalized spacial score (nSPS) is 8.75. The van der Waals surface area contributed by atoms with E-state index in [2.05, 4.69) is 17.2 Å². The topological polar surface area (TPSA) is 75.3 Å². The Morgan fingerprint density at radius 3 is 2.94 bits per heavy atom. The van der Waals surface area contributed by atoms with E-state index in [9.17, 15) is 4.79 Å². The van der Waals surface area contributed by atoms with Crippen LogP contribution in [0.1, 0.15) is 12.0 Å². The van der Waals surface area contributed by atoms with Gasteiger partial charge in [0.1, 0.15) is 6.42 Å². The largest absolute Gasteiger partial charge is 0.481 e. The highest BCUT2D eigenvalue weighted by atomic mass is 32.1. The number of nitrogens with one attached hydrogen (secondary N) is 1. The molecular weight excluding hydrogens is 224 g/mol. The zero-order valence-corrected chi connectivity index (χ0v) is 9.17. The highest BCUT2D eigenvalue weighted by Gasteiger charge is 1.94. The SMILES string of the molecule is NC(=S)Nc1cccc(C#CCC(=O)O)c1. The predicted octanol–water partition coefficient (Wildman–Crippen LogP) is 1.17. The van der Waals surface area contributed by atoms with E-state index >= 15 is 0 Å². The quantitative estimate of drug-likeness (QED) is 0.529. The van der Waals surface area contributed by atoms with Gasteiger partial charge in [0.25, 0.3) is 0 Å². The van der Waals surface area contributed by atoms with E-state index in [1.165, 1.54) is 0 Å². The standard InChI is InChI=1S/C11H10N2O2S/c12-11(16)13-9-5-1-3-8(7-9)4-2-6-10(14)15/h1,3,5,7H,6H2,(H,14,15)(H3,12,13,16). The zero-order valence-electron chi connectivity index (χ0n) is 8.36. The number of hydrogen-bond donors (Lipinski definition) is 3. The second kappa shape index (κ2) is 5.73. The molecule has 16 heavy (non-hydrogen) atoms. The van der Waals surface area contributed by atoms with Gasteiger partial charge in [0.05, 0.1) is 0 Å². The number of anilines is 1. The molecule has 0 amide bonds. The maximum Gasteiger partial charge on any atom is 0.315 e. The van der Waals surface area contributed by atoms with Gasteiger partial charge in [-0.3, -0.25) is 4.79 Å². The Labute approximate surface area is 98.5 Å². The summed E-state index contributed by atoms with van der Waals surface area (Å²) in [5, 5.41) is 11.4. The van der Waals surface area contributed by atoms with E-state index in [1.54, 1.807) is 24.3 Å². The van der Waals surface area contributed by atoms with Gasteiger partial charge in [-0.2, -0.15) is 0 Å².